The average Bonchev–Trinajstić information content (AvgIpc) is 2.74. The van der Waals surface area contributed by atoms with E-state index in [1.807, 2.05) is 0 Å². The van der Waals surface area contributed by atoms with E-state index in [0.29, 0.717) is 17.0 Å². The lowest BCUT2D eigenvalue weighted by molar-refractivity contribution is -0.132. The number of hydrogen-bond acceptors (Lipinski definition) is 2. The summed E-state index contributed by atoms with van der Waals surface area (Å²) in [4.78, 5) is 24.4. The van der Waals surface area contributed by atoms with Gasteiger partial charge in [0.2, 0.25) is 0 Å². The zero-order valence-corrected chi connectivity index (χ0v) is 10.3. The van der Waals surface area contributed by atoms with Gasteiger partial charge in [0.15, 0.2) is 0 Å². The zero-order valence-electron chi connectivity index (χ0n) is 10.3. The summed E-state index contributed by atoms with van der Waals surface area (Å²) in [6.45, 7) is 0. The van der Waals surface area contributed by atoms with Crippen LogP contribution >= 0.6 is 0 Å². The molecule has 0 bridgehead atoms. The minimum absolute atomic E-state index is 0.244. The first kappa shape index (κ1) is 12.3. The third kappa shape index (κ3) is 1.93. The van der Waals surface area contributed by atoms with Gasteiger partial charge in [-0.2, -0.15) is 0 Å². The van der Waals surface area contributed by atoms with E-state index in [1.54, 1.807) is 6.08 Å². The Hall–Kier alpha value is -2.69. The van der Waals surface area contributed by atoms with Gasteiger partial charge < -0.3 is 5.11 Å². The first-order valence-electron chi connectivity index (χ1n) is 6.02. The topological polar surface area (TPSA) is 57.6 Å². The SMILES string of the molecule is O=C(O)C1=CC2=CC(=O)N(c3ccc(F)cc3)C2=CC1. The Morgan fingerprint density at radius 3 is 2.55 bits per heavy atom. The number of allylic oxidation sites excluding steroid dienone is 2. The van der Waals surface area contributed by atoms with Crippen LogP contribution in [0.25, 0.3) is 0 Å². The molecule has 20 heavy (non-hydrogen) atoms. The molecule has 1 aromatic rings. The van der Waals surface area contributed by atoms with Crippen molar-refractivity contribution in [2.24, 2.45) is 0 Å². The lowest BCUT2D eigenvalue weighted by atomic mass is 10.00. The summed E-state index contributed by atoms with van der Waals surface area (Å²) < 4.78 is 12.9. The number of carbonyl (C=O) groups excluding carboxylic acids is 1. The van der Waals surface area contributed by atoms with Crippen molar-refractivity contribution in [3.05, 3.63) is 65.2 Å². The van der Waals surface area contributed by atoms with Crippen molar-refractivity contribution in [1.29, 1.82) is 0 Å². The molecular formula is C15H10FNO3. The maximum absolute atomic E-state index is 12.9. The molecule has 100 valence electrons. The summed E-state index contributed by atoms with van der Waals surface area (Å²) in [7, 11) is 0. The summed E-state index contributed by atoms with van der Waals surface area (Å²) in [5.41, 5.74) is 2.02. The van der Waals surface area contributed by atoms with Crippen LogP contribution in [-0.4, -0.2) is 17.0 Å². The van der Waals surface area contributed by atoms with Crippen molar-refractivity contribution in [2.75, 3.05) is 4.90 Å². The Kier molecular flexibility index (Phi) is 2.75. The van der Waals surface area contributed by atoms with Gasteiger partial charge in [0.25, 0.3) is 5.91 Å². The predicted octanol–water partition coefficient (Wildman–Crippen LogP) is 2.40. The Morgan fingerprint density at radius 2 is 1.90 bits per heavy atom. The Balaban J connectivity index is 1.97. The number of nitrogens with zero attached hydrogens (tertiary/aromatic N) is 1. The molecule has 0 atom stereocenters. The molecule has 2 aliphatic rings. The lowest BCUT2D eigenvalue weighted by Crippen LogP contribution is -2.24. The molecule has 4 nitrogen and oxygen atoms in total. The molecule has 1 aliphatic heterocycles. The van der Waals surface area contributed by atoms with Gasteiger partial charge in [0.05, 0.1) is 5.70 Å². The van der Waals surface area contributed by atoms with Crippen LogP contribution in [0, 0.1) is 5.82 Å². The number of carboxylic acids is 1. The second-order valence-corrected chi connectivity index (χ2v) is 4.52. The fraction of sp³-hybridized carbons (Fsp3) is 0.0667. The second kappa shape index (κ2) is 4.45. The number of fused-ring (bicyclic) bond motifs is 1. The van der Waals surface area contributed by atoms with Crippen LogP contribution < -0.4 is 4.90 Å². The number of aliphatic carboxylic acids is 1. The fourth-order valence-electron chi connectivity index (χ4n) is 2.30. The summed E-state index contributed by atoms with van der Waals surface area (Å²) in [5, 5.41) is 8.97. The maximum Gasteiger partial charge on any atom is 0.331 e. The second-order valence-electron chi connectivity index (χ2n) is 4.52. The van der Waals surface area contributed by atoms with Crippen LogP contribution in [0.2, 0.25) is 0 Å². The first-order valence-corrected chi connectivity index (χ1v) is 6.02. The molecule has 3 rings (SSSR count). The van der Waals surface area contributed by atoms with Gasteiger partial charge in [-0.15, -0.1) is 0 Å². The number of amides is 1. The minimum Gasteiger partial charge on any atom is -0.478 e. The third-order valence-corrected chi connectivity index (χ3v) is 3.24. The van der Waals surface area contributed by atoms with Gasteiger partial charge in [-0.1, -0.05) is 6.08 Å². The van der Waals surface area contributed by atoms with Gasteiger partial charge in [-0.25, -0.2) is 9.18 Å². The molecule has 0 aromatic heterocycles. The molecule has 1 aromatic carbocycles. The highest BCUT2D eigenvalue weighted by molar-refractivity contribution is 6.10. The lowest BCUT2D eigenvalue weighted by Gasteiger charge is -2.21. The normalized spacial score (nSPS) is 17.4. The van der Waals surface area contributed by atoms with Gasteiger partial charge in [-0.05, 0) is 36.8 Å². The predicted molar refractivity (Wildman–Crippen MR) is 70.4 cm³/mol. The molecule has 1 aliphatic carbocycles. The molecule has 0 fully saturated rings. The first-order chi connectivity index (χ1) is 9.56. The highest BCUT2D eigenvalue weighted by Crippen LogP contribution is 2.34. The summed E-state index contributed by atoms with van der Waals surface area (Å²) in [6, 6.07) is 5.59. The molecule has 1 N–H and O–H groups in total. The van der Waals surface area contributed by atoms with Crippen molar-refractivity contribution in [2.45, 2.75) is 6.42 Å². The maximum atomic E-state index is 12.9. The fourth-order valence-corrected chi connectivity index (χ4v) is 2.30. The number of halogens is 1. The Labute approximate surface area is 114 Å². The van der Waals surface area contributed by atoms with Gasteiger partial charge in [0, 0.05) is 22.9 Å². The molecule has 0 radical (unpaired) electrons. The molecule has 1 amide bonds. The number of carboxylic acid groups (broad SMARTS) is 1. The van der Waals surface area contributed by atoms with E-state index in [-0.39, 0.29) is 23.7 Å². The smallest absolute Gasteiger partial charge is 0.331 e. The highest BCUT2D eigenvalue weighted by atomic mass is 19.1. The monoisotopic (exact) mass is 271 g/mol. The van der Waals surface area contributed by atoms with Gasteiger partial charge in [0.1, 0.15) is 5.82 Å². The van der Waals surface area contributed by atoms with Crippen LogP contribution in [0.4, 0.5) is 10.1 Å². The van der Waals surface area contributed by atoms with Crippen molar-refractivity contribution in [1.82, 2.24) is 0 Å². The number of anilines is 1. The molecular weight excluding hydrogens is 261 g/mol. The van der Waals surface area contributed by atoms with E-state index in [0.717, 1.165) is 0 Å². The van der Waals surface area contributed by atoms with Crippen LogP contribution in [0.5, 0.6) is 0 Å². The molecule has 5 heteroatoms. The van der Waals surface area contributed by atoms with E-state index < -0.39 is 5.97 Å². The third-order valence-electron chi connectivity index (χ3n) is 3.24. The van der Waals surface area contributed by atoms with Crippen molar-refractivity contribution in [3.63, 3.8) is 0 Å². The molecule has 0 spiro atoms. The van der Waals surface area contributed by atoms with E-state index >= 15 is 0 Å². The quantitative estimate of drug-likeness (QED) is 0.898. The Bertz CT molecular complexity index is 698. The van der Waals surface area contributed by atoms with Crippen molar-refractivity contribution in [3.8, 4) is 0 Å². The van der Waals surface area contributed by atoms with Crippen LogP contribution in [0.15, 0.2) is 59.3 Å². The van der Waals surface area contributed by atoms with E-state index in [1.165, 1.54) is 41.3 Å². The number of hydrogen-bond donors (Lipinski definition) is 1. The molecule has 0 unspecified atom stereocenters. The van der Waals surface area contributed by atoms with E-state index in [4.69, 9.17) is 5.11 Å². The van der Waals surface area contributed by atoms with Crippen LogP contribution in [-0.2, 0) is 9.59 Å². The molecule has 0 saturated heterocycles. The summed E-state index contributed by atoms with van der Waals surface area (Å²) in [6.07, 6.45) is 4.84. The zero-order chi connectivity index (χ0) is 14.3. The summed E-state index contributed by atoms with van der Waals surface area (Å²) >= 11 is 0. The van der Waals surface area contributed by atoms with Crippen molar-refractivity contribution >= 4 is 17.6 Å². The molecule has 1 heterocycles. The standard InChI is InChI=1S/C15H10FNO3/c16-11-2-4-12(5-3-11)17-13-6-1-9(15(19)20)7-10(13)8-14(17)18/h2-8H,1H2,(H,19,20). The van der Waals surface area contributed by atoms with Crippen molar-refractivity contribution < 1.29 is 19.1 Å². The Morgan fingerprint density at radius 1 is 1.20 bits per heavy atom. The minimum atomic E-state index is -0.992. The van der Waals surface area contributed by atoms with Crippen LogP contribution in [0.3, 0.4) is 0 Å². The van der Waals surface area contributed by atoms with E-state index in [2.05, 4.69) is 0 Å². The van der Waals surface area contributed by atoms with Crippen LogP contribution in [0.1, 0.15) is 6.42 Å². The van der Waals surface area contributed by atoms with E-state index in [9.17, 15) is 14.0 Å². The molecule has 0 saturated carbocycles. The summed E-state index contributed by atoms with van der Waals surface area (Å²) in [5.74, 6) is -1.63. The number of rotatable bonds is 2. The van der Waals surface area contributed by atoms with Gasteiger partial charge in [-0.3, -0.25) is 9.69 Å². The average molecular weight is 271 g/mol. The number of benzene rings is 1. The van der Waals surface area contributed by atoms with Gasteiger partial charge >= 0.3 is 5.97 Å². The number of carbonyl (C=O) groups is 2. The highest BCUT2D eigenvalue weighted by Gasteiger charge is 2.30. The largest absolute Gasteiger partial charge is 0.478 e.